The quantitative estimate of drug-likeness (QED) is 0.901. The van der Waals surface area contributed by atoms with Crippen LogP contribution in [0.5, 0.6) is 0 Å². The second kappa shape index (κ2) is 7.73. The molecule has 1 unspecified atom stereocenters. The van der Waals surface area contributed by atoms with Crippen molar-refractivity contribution in [1.29, 1.82) is 0 Å². The molecule has 1 aliphatic heterocycles. The van der Waals surface area contributed by atoms with Gasteiger partial charge in [0, 0.05) is 17.1 Å². The molecular formula is C14H20Cl2N2O. The maximum atomic E-state index is 12.0. The largest absolute Gasteiger partial charge is 0.352 e. The van der Waals surface area contributed by atoms with Crippen molar-refractivity contribution in [3.63, 3.8) is 0 Å². The van der Waals surface area contributed by atoms with E-state index in [1.807, 2.05) is 13.0 Å². The Morgan fingerprint density at radius 2 is 2.32 bits per heavy atom. The van der Waals surface area contributed by atoms with E-state index in [1.165, 1.54) is 12.8 Å². The van der Waals surface area contributed by atoms with Gasteiger partial charge >= 0.3 is 0 Å². The van der Waals surface area contributed by atoms with E-state index in [4.69, 9.17) is 11.6 Å². The Labute approximate surface area is 125 Å². The first-order valence-electron chi connectivity index (χ1n) is 6.42. The summed E-state index contributed by atoms with van der Waals surface area (Å²) < 4.78 is 0. The summed E-state index contributed by atoms with van der Waals surface area (Å²) in [7, 11) is 0. The topological polar surface area (TPSA) is 41.1 Å². The molecule has 1 aliphatic rings. The fourth-order valence-electron chi connectivity index (χ4n) is 2.22. The van der Waals surface area contributed by atoms with Crippen LogP contribution >= 0.6 is 24.0 Å². The SMILES string of the molecule is Cc1cc(C(=O)NCC2CCCNC2)ccc1Cl.Cl. The molecule has 1 atom stereocenters. The van der Waals surface area contributed by atoms with Crippen LogP contribution in [0.15, 0.2) is 18.2 Å². The van der Waals surface area contributed by atoms with E-state index in [0.29, 0.717) is 16.5 Å². The fourth-order valence-corrected chi connectivity index (χ4v) is 2.34. The van der Waals surface area contributed by atoms with Crippen LogP contribution < -0.4 is 10.6 Å². The summed E-state index contributed by atoms with van der Waals surface area (Å²) in [6.07, 6.45) is 2.38. The molecule has 2 N–H and O–H groups in total. The van der Waals surface area contributed by atoms with Crippen LogP contribution in [-0.2, 0) is 0 Å². The van der Waals surface area contributed by atoms with Crippen molar-refractivity contribution in [3.8, 4) is 0 Å². The first-order chi connectivity index (χ1) is 8.66. The van der Waals surface area contributed by atoms with Gasteiger partial charge in [-0.1, -0.05) is 11.6 Å². The highest BCUT2D eigenvalue weighted by molar-refractivity contribution is 6.31. The van der Waals surface area contributed by atoms with Crippen LogP contribution in [0.1, 0.15) is 28.8 Å². The zero-order valence-corrected chi connectivity index (χ0v) is 12.6. The molecule has 1 amide bonds. The van der Waals surface area contributed by atoms with Crippen molar-refractivity contribution in [2.45, 2.75) is 19.8 Å². The van der Waals surface area contributed by atoms with Crippen molar-refractivity contribution < 1.29 is 4.79 Å². The number of aryl methyl sites for hydroxylation is 1. The van der Waals surface area contributed by atoms with E-state index in [-0.39, 0.29) is 18.3 Å². The number of piperidine rings is 1. The van der Waals surface area contributed by atoms with Crippen LogP contribution in [0.25, 0.3) is 0 Å². The van der Waals surface area contributed by atoms with Gasteiger partial charge in [0.2, 0.25) is 0 Å². The number of carbonyl (C=O) groups excluding carboxylic acids is 1. The highest BCUT2D eigenvalue weighted by Gasteiger charge is 2.14. The van der Waals surface area contributed by atoms with Crippen LogP contribution in [0.2, 0.25) is 5.02 Å². The normalized spacial score (nSPS) is 18.5. The Bertz CT molecular complexity index is 431. The fraction of sp³-hybridized carbons (Fsp3) is 0.500. The molecule has 0 aliphatic carbocycles. The van der Waals surface area contributed by atoms with Crippen LogP contribution in [-0.4, -0.2) is 25.5 Å². The van der Waals surface area contributed by atoms with E-state index in [1.54, 1.807) is 12.1 Å². The number of nitrogens with one attached hydrogen (secondary N) is 2. The smallest absolute Gasteiger partial charge is 0.251 e. The Hall–Kier alpha value is -0.770. The Kier molecular flexibility index (Phi) is 6.63. The lowest BCUT2D eigenvalue weighted by Crippen LogP contribution is -2.38. The summed E-state index contributed by atoms with van der Waals surface area (Å²) in [5, 5.41) is 7.04. The van der Waals surface area contributed by atoms with Crippen molar-refractivity contribution in [2.75, 3.05) is 19.6 Å². The van der Waals surface area contributed by atoms with Gasteiger partial charge in [0.25, 0.3) is 5.91 Å². The van der Waals surface area contributed by atoms with Crippen LogP contribution in [0, 0.1) is 12.8 Å². The lowest BCUT2D eigenvalue weighted by atomic mass is 9.99. The molecule has 3 nitrogen and oxygen atoms in total. The average Bonchev–Trinajstić information content (AvgIpc) is 2.40. The minimum atomic E-state index is -0.0136. The number of benzene rings is 1. The molecule has 19 heavy (non-hydrogen) atoms. The van der Waals surface area contributed by atoms with E-state index < -0.39 is 0 Å². The maximum Gasteiger partial charge on any atom is 0.251 e. The first-order valence-corrected chi connectivity index (χ1v) is 6.79. The molecular weight excluding hydrogens is 283 g/mol. The summed E-state index contributed by atoms with van der Waals surface area (Å²) in [6.45, 7) is 4.75. The Balaban J connectivity index is 0.00000180. The zero-order valence-electron chi connectivity index (χ0n) is 11.0. The molecule has 106 valence electrons. The molecule has 0 spiro atoms. The molecule has 0 saturated carbocycles. The van der Waals surface area contributed by atoms with Crippen LogP contribution in [0.4, 0.5) is 0 Å². The van der Waals surface area contributed by atoms with E-state index >= 15 is 0 Å². The van der Waals surface area contributed by atoms with Gasteiger partial charge < -0.3 is 10.6 Å². The number of halogens is 2. The standard InChI is InChI=1S/C14H19ClN2O.ClH/c1-10-7-12(4-5-13(10)15)14(18)17-9-11-3-2-6-16-8-11;/h4-5,7,11,16H,2-3,6,8-9H2,1H3,(H,17,18);1H. The van der Waals surface area contributed by atoms with Gasteiger partial charge in [0.05, 0.1) is 0 Å². The third-order valence-corrected chi connectivity index (χ3v) is 3.79. The van der Waals surface area contributed by atoms with Crippen molar-refractivity contribution in [3.05, 3.63) is 34.3 Å². The maximum absolute atomic E-state index is 12.0. The molecule has 2 rings (SSSR count). The number of hydrogen-bond donors (Lipinski definition) is 2. The Morgan fingerprint density at radius 3 is 2.95 bits per heavy atom. The molecule has 1 fully saturated rings. The predicted molar refractivity (Wildman–Crippen MR) is 81.4 cm³/mol. The molecule has 0 aromatic heterocycles. The monoisotopic (exact) mass is 302 g/mol. The van der Waals surface area contributed by atoms with E-state index in [0.717, 1.165) is 25.2 Å². The van der Waals surface area contributed by atoms with Gasteiger partial charge in [0.1, 0.15) is 0 Å². The van der Waals surface area contributed by atoms with E-state index in [2.05, 4.69) is 10.6 Å². The predicted octanol–water partition coefficient (Wildman–Crippen LogP) is 2.80. The molecule has 0 bridgehead atoms. The van der Waals surface area contributed by atoms with Gasteiger partial charge in [-0.25, -0.2) is 0 Å². The number of rotatable bonds is 3. The summed E-state index contributed by atoms with van der Waals surface area (Å²) in [5.74, 6) is 0.538. The highest BCUT2D eigenvalue weighted by Crippen LogP contribution is 2.16. The summed E-state index contributed by atoms with van der Waals surface area (Å²) in [5.41, 5.74) is 1.62. The number of hydrogen-bond acceptors (Lipinski definition) is 2. The number of amides is 1. The van der Waals surface area contributed by atoms with Crippen molar-refractivity contribution >= 4 is 29.9 Å². The number of carbonyl (C=O) groups is 1. The average molecular weight is 303 g/mol. The lowest BCUT2D eigenvalue weighted by Gasteiger charge is -2.22. The second-order valence-corrected chi connectivity index (χ2v) is 5.29. The summed E-state index contributed by atoms with van der Waals surface area (Å²) >= 11 is 5.94. The minimum absolute atomic E-state index is 0. The zero-order chi connectivity index (χ0) is 13.0. The molecule has 0 radical (unpaired) electrons. The van der Waals surface area contributed by atoms with Gasteiger partial charge in [-0.05, 0) is 62.5 Å². The molecule has 1 saturated heterocycles. The van der Waals surface area contributed by atoms with Gasteiger partial charge in [-0.3, -0.25) is 4.79 Å². The molecule has 1 heterocycles. The second-order valence-electron chi connectivity index (χ2n) is 4.89. The third-order valence-electron chi connectivity index (χ3n) is 3.37. The summed E-state index contributed by atoms with van der Waals surface area (Å²) in [4.78, 5) is 12.0. The molecule has 1 aromatic rings. The van der Waals surface area contributed by atoms with Crippen molar-refractivity contribution in [2.24, 2.45) is 5.92 Å². The van der Waals surface area contributed by atoms with Gasteiger partial charge in [-0.2, -0.15) is 0 Å². The highest BCUT2D eigenvalue weighted by atomic mass is 35.5. The minimum Gasteiger partial charge on any atom is -0.352 e. The van der Waals surface area contributed by atoms with Crippen molar-refractivity contribution in [1.82, 2.24) is 10.6 Å². The van der Waals surface area contributed by atoms with Crippen LogP contribution in [0.3, 0.4) is 0 Å². The lowest BCUT2D eigenvalue weighted by molar-refractivity contribution is 0.0945. The molecule has 5 heteroatoms. The van der Waals surface area contributed by atoms with Gasteiger partial charge in [0.15, 0.2) is 0 Å². The van der Waals surface area contributed by atoms with Gasteiger partial charge in [-0.15, -0.1) is 12.4 Å². The first kappa shape index (κ1) is 16.3. The van der Waals surface area contributed by atoms with E-state index in [9.17, 15) is 4.79 Å². The Morgan fingerprint density at radius 1 is 1.53 bits per heavy atom. The molecule has 1 aromatic carbocycles. The summed E-state index contributed by atoms with van der Waals surface area (Å²) in [6, 6.07) is 5.37. The third kappa shape index (κ3) is 4.68.